The van der Waals surface area contributed by atoms with Gasteiger partial charge in [-0.2, -0.15) is 0 Å². The molecule has 0 bridgehead atoms. The van der Waals surface area contributed by atoms with Gasteiger partial charge in [0.05, 0.1) is 19.8 Å². The number of carbonyl (C=O) groups excluding carboxylic acids is 2. The number of hydrogen-bond donors (Lipinski definition) is 3. The topological polar surface area (TPSA) is 149 Å². The molecule has 0 heterocycles. The fourth-order valence-corrected chi connectivity index (χ4v) is 5.66. The molecule has 10 nitrogen and oxygen atoms in total. The minimum atomic E-state index is -4.63. The van der Waals surface area contributed by atoms with Crippen LogP contribution in [0.4, 0.5) is 0 Å². The molecular weight excluding hydrogens is 695 g/mol. The van der Waals surface area contributed by atoms with Crippen molar-refractivity contribution >= 4 is 19.8 Å². The van der Waals surface area contributed by atoms with Crippen LogP contribution in [-0.4, -0.2) is 65.7 Å². The van der Waals surface area contributed by atoms with Gasteiger partial charge in [0.15, 0.2) is 6.10 Å². The van der Waals surface area contributed by atoms with Crippen LogP contribution in [0, 0.1) is 0 Å². The molecule has 0 aromatic heterocycles. The minimum absolute atomic E-state index is 0.157. The predicted molar refractivity (Wildman–Crippen MR) is 214 cm³/mol. The summed E-state index contributed by atoms with van der Waals surface area (Å²) in [4.78, 5) is 34.9. The third-order valence-corrected chi connectivity index (χ3v) is 8.92. The van der Waals surface area contributed by atoms with E-state index in [9.17, 15) is 24.2 Å². The van der Waals surface area contributed by atoms with Crippen LogP contribution in [0.1, 0.15) is 142 Å². The van der Waals surface area contributed by atoms with E-state index in [1.165, 1.54) is 25.7 Å². The zero-order valence-electron chi connectivity index (χ0n) is 32.7. The Hall–Kier alpha value is -2.59. The summed E-state index contributed by atoms with van der Waals surface area (Å²) in [6.45, 7) is 2.15. The molecule has 0 aliphatic rings. The number of phosphoric acid groups is 1. The smallest absolute Gasteiger partial charge is 0.462 e. The van der Waals surface area contributed by atoms with E-state index < -0.39 is 51.8 Å². The molecule has 3 atom stereocenters. The van der Waals surface area contributed by atoms with E-state index in [1.807, 2.05) is 36.5 Å². The standard InChI is InChI=1S/C42H71O10P/c1-3-5-7-9-11-13-15-17-19-21-23-25-27-29-31-33-41(45)49-37-40(38-51-53(47,48)50-36-39(44)35-43)52-42(46)34-32-30-28-26-24-22-20-18-16-14-12-10-8-6-4-2/h5,7,9,11,13-20,39-40,43-44H,3-4,6,8,10,12,21-38H2,1-2H3,(H,47,48)/b7-5+,11-9+,15-13+,16-14+,19-17+,20-18+/t39-,40+/m0/s1. The Morgan fingerprint density at radius 3 is 1.58 bits per heavy atom. The molecule has 53 heavy (non-hydrogen) atoms. The van der Waals surface area contributed by atoms with Crippen molar-refractivity contribution in [3.05, 3.63) is 72.9 Å². The molecule has 0 aliphatic heterocycles. The van der Waals surface area contributed by atoms with E-state index in [0.717, 1.165) is 77.0 Å². The number of phosphoric ester groups is 1. The van der Waals surface area contributed by atoms with Crippen LogP contribution in [-0.2, 0) is 32.7 Å². The van der Waals surface area contributed by atoms with Crippen LogP contribution in [0.25, 0.3) is 0 Å². The SMILES string of the molecule is CC/C=C/C=C/C=C/C=C/CCCCCCCC(=O)OC[C@H](COP(=O)(O)OC[C@@H](O)CO)OC(=O)CCCCCCC/C=C/C=C/CCCCCC. The molecule has 0 saturated heterocycles. The lowest BCUT2D eigenvalue weighted by Gasteiger charge is -2.20. The van der Waals surface area contributed by atoms with Gasteiger partial charge >= 0.3 is 19.8 Å². The number of allylic oxidation sites excluding steroid dienone is 12. The van der Waals surface area contributed by atoms with E-state index in [4.69, 9.17) is 19.1 Å². The highest BCUT2D eigenvalue weighted by Crippen LogP contribution is 2.43. The Kier molecular flexibility index (Phi) is 35.9. The van der Waals surface area contributed by atoms with Gasteiger partial charge in [-0.3, -0.25) is 18.6 Å². The third kappa shape index (κ3) is 37.5. The van der Waals surface area contributed by atoms with E-state index >= 15 is 0 Å². The molecule has 0 aliphatic carbocycles. The number of carbonyl (C=O) groups is 2. The number of aliphatic hydroxyl groups excluding tert-OH is 2. The highest BCUT2D eigenvalue weighted by atomic mass is 31.2. The van der Waals surface area contributed by atoms with E-state index in [1.54, 1.807) is 0 Å². The highest BCUT2D eigenvalue weighted by molar-refractivity contribution is 7.47. The van der Waals surface area contributed by atoms with E-state index in [-0.39, 0.29) is 19.4 Å². The van der Waals surface area contributed by atoms with Crippen molar-refractivity contribution in [1.29, 1.82) is 0 Å². The van der Waals surface area contributed by atoms with E-state index in [2.05, 4.69) is 54.8 Å². The van der Waals surface area contributed by atoms with Gasteiger partial charge in [-0.05, 0) is 57.8 Å². The van der Waals surface area contributed by atoms with E-state index in [0.29, 0.717) is 12.8 Å². The van der Waals surface area contributed by atoms with Gasteiger partial charge in [0, 0.05) is 12.8 Å². The Balaban J connectivity index is 4.44. The Labute approximate surface area is 320 Å². The summed E-state index contributed by atoms with van der Waals surface area (Å²) in [7, 11) is -4.63. The summed E-state index contributed by atoms with van der Waals surface area (Å²) in [6.07, 6.45) is 41.5. The first-order valence-corrected chi connectivity index (χ1v) is 21.5. The summed E-state index contributed by atoms with van der Waals surface area (Å²) < 4.78 is 32.6. The molecule has 0 fully saturated rings. The molecule has 0 amide bonds. The quantitative estimate of drug-likeness (QED) is 0.0243. The zero-order valence-corrected chi connectivity index (χ0v) is 33.6. The number of esters is 2. The van der Waals surface area contributed by atoms with Crippen molar-refractivity contribution in [2.75, 3.05) is 26.4 Å². The molecule has 3 N–H and O–H groups in total. The number of hydrogen-bond acceptors (Lipinski definition) is 9. The summed E-state index contributed by atoms with van der Waals surface area (Å²) in [5, 5.41) is 18.3. The molecule has 0 saturated carbocycles. The average Bonchev–Trinajstić information content (AvgIpc) is 3.14. The number of unbranched alkanes of at least 4 members (excludes halogenated alkanes) is 14. The molecule has 0 aromatic carbocycles. The van der Waals surface area contributed by atoms with Gasteiger partial charge < -0.3 is 24.6 Å². The minimum Gasteiger partial charge on any atom is -0.462 e. The molecule has 0 radical (unpaired) electrons. The normalized spacial score (nSPS) is 14.7. The summed E-state index contributed by atoms with van der Waals surface area (Å²) in [5.74, 6) is -0.978. The molecular formula is C42H71O10P. The van der Waals surface area contributed by atoms with Gasteiger partial charge in [0.2, 0.25) is 0 Å². The third-order valence-electron chi connectivity index (χ3n) is 7.97. The van der Waals surface area contributed by atoms with Crippen LogP contribution < -0.4 is 0 Å². The maximum atomic E-state index is 12.6. The second-order valence-corrected chi connectivity index (χ2v) is 14.5. The number of aliphatic hydroxyl groups is 2. The maximum absolute atomic E-state index is 12.6. The van der Waals surface area contributed by atoms with Gasteiger partial charge in [0.1, 0.15) is 12.7 Å². The van der Waals surface area contributed by atoms with Crippen LogP contribution >= 0.6 is 7.82 Å². The second-order valence-electron chi connectivity index (χ2n) is 13.0. The molecule has 304 valence electrons. The van der Waals surface area contributed by atoms with Crippen molar-refractivity contribution < 1.29 is 47.8 Å². The number of rotatable bonds is 36. The Bertz CT molecular complexity index is 1110. The number of ether oxygens (including phenoxy) is 2. The van der Waals surface area contributed by atoms with Crippen LogP contribution in [0.3, 0.4) is 0 Å². The first-order valence-electron chi connectivity index (χ1n) is 20.0. The van der Waals surface area contributed by atoms with Crippen LogP contribution in [0.15, 0.2) is 72.9 Å². The fourth-order valence-electron chi connectivity index (χ4n) is 4.87. The maximum Gasteiger partial charge on any atom is 0.472 e. The molecule has 11 heteroatoms. The molecule has 1 unspecified atom stereocenters. The van der Waals surface area contributed by atoms with Crippen molar-refractivity contribution in [1.82, 2.24) is 0 Å². The average molecular weight is 767 g/mol. The highest BCUT2D eigenvalue weighted by Gasteiger charge is 2.27. The monoisotopic (exact) mass is 766 g/mol. The fraction of sp³-hybridized carbons (Fsp3) is 0.667. The first-order chi connectivity index (χ1) is 25.7. The summed E-state index contributed by atoms with van der Waals surface area (Å²) >= 11 is 0. The lowest BCUT2D eigenvalue weighted by Crippen LogP contribution is -2.29. The van der Waals surface area contributed by atoms with Crippen molar-refractivity contribution in [3.63, 3.8) is 0 Å². The lowest BCUT2D eigenvalue weighted by atomic mass is 10.1. The molecule has 0 rings (SSSR count). The van der Waals surface area contributed by atoms with Crippen LogP contribution in [0.2, 0.25) is 0 Å². The largest absolute Gasteiger partial charge is 0.472 e. The first kappa shape index (κ1) is 50.4. The van der Waals surface area contributed by atoms with Crippen molar-refractivity contribution in [2.24, 2.45) is 0 Å². The van der Waals surface area contributed by atoms with Crippen LogP contribution in [0.5, 0.6) is 0 Å². The van der Waals surface area contributed by atoms with Crippen molar-refractivity contribution in [2.45, 2.75) is 154 Å². The lowest BCUT2D eigenvalue weighted by molar-refractivity contribution is -0.161. The predicted octanol–water partition coefficient (Wildman–Crippen LogP) is 10.1. The Morgan fingerprint density at radius 1 is 0.585 bits per heavy atom. The van der Waals surface area contributed by atoms with Gasteiger partial charge in [-0.1, -0.05) is 145 Å². The van der Waals surface area contributed by atoms with Gasteiger partial charge in [-0.15, -0.1) is 0 Å². The zero-order chi connectivity index (χ0) is 39.1. The summed E-state index contributed by atoms with van der Waals surface area (Å²) in [6, 6.07) is 0. The molecule has 0 spiro atoms. The van der Waals surface area contributed by atoms with Gasteiger partial charge in [0.25, 0.3) is 0 Å². The summed E-state index contributed by atoms with van der Waals surface area (Å²) in [5.41, 5.74) is 0. The molecule has 0 aromatic rings. The van der Waals surface area contributed by atoms with Gasteiger partial charge in [-0.25, -0.2) is 4.57 Å². The second kappa shape index (κ2) is 37.7. The van der Waals surface area contributed by atoms with Crippen molar-refractivity contribution in [3.8, 4) is 0 Å². The Morgan fingerprint density at radius 2 is 1.04 bits per heavy atom.